The van der Waals surface area contributed by atoms with Crippen LogP contribution in [0.3, 0.4) is 0 Å². The molecule has 0 radical (unpaired) electrons. The zero-order valence-electron chi connectivity index (χ0n) is 19.1. The third kappa shape index (κ3) is 5.21. The average molecular weight is 496 g/mol. The number of amides is 1. The fourth-order valence-corrected chi connectivity index (χ4v) is 6.41. The summed E-state index contributed by atoms with van der Waals surface area (Å²) in [4.78, 5) is 13.2. The van der Waals surface area contributed by atoms with E-state index >= 15 is 0 Å². The van der Waals surface area contributed by atoms with Crippen molar-refractivity contribution in [1.29, 1.82) is 0 Å². The second kappa shape index (κ2) is 9.80. The molecule has 33 heavy (non-hydrogen) atoms. The number of nitrogens with one attached hydrogen (secondary N) is 1. The predicted octanol–water partition coefficient (Wildman–Crippen LogP) is 2.44. The van der Waals surface area contributed by atoms with Crippen molar-refractivity contribution in [2.45, 2.75) is 42.0 Å². The number of methoxy groups -OCH3 is 1. The van der Waals surface area contributed by atoms with Gasteiger partial charge in [-0.2, -0.15) is 4.31 Å². The molecule has 1 fully saturated rings. The first-order valence-electron chi connectivity index (χ1n) is 10.5. The van der Waals surface area contributed by atoms with Gasteiger partial charge in [0.25, 0.3) is 0 Å². The topological polar surface area (TPSA) is 113 Å². The number of ether oxygens (including phenoxy) is 1. The van der Waals surface area contributed by atoms with Gasteiger partial charge in [0.15, 0.2) is 0 Å². The van der Waals surface area contributed by atoms with Crippen LogP contribution in [0.1, 0.15) is 24.8 Å². The molecule has 2 aromatic rings. The third-order valence-corrected chi connectivity index (χ3v) is 9.33. The Morgan fingerprint density at radius 3 is 2.33 bits per heavy atom. The third-order valence-electron chi connectivity index (χ3n) is 5.57. The van der Waals surface area contributed by atoms with E-state index in [4.69, 9.17) is 4.74 Å². The molecule has 0 spiro atoms. The summed E-state index contributed by atoms with van der Waals surface area (Å²) in [7, 11) is -3.54. The van der Waals surface area contributed by atoms with Gasteiger partial charge in [0.2, 0.25) is 26.0 Å². The van der Waals surface area contributed by atoms with Gasteiger partial charge in [-0.1, -0.05) is 24.1 Å². The maximum absolute atomic E-state index is 13.3. The lowest BCUT2D eigenvalue weighted by molar-refractivity contribution is -0.120. The van der Waals surface area contributed by atoms with E-state index in [1.807, 2.05) is 6.92 Å². The highest BCUT2D eigenvalue weighted by Gasteiger charge is 2.37. The number of rotatable bonds is 7. The van der Waals surface area contributed by atoms with Crippen LogP contribution in [0.2, 0.25) is 0 Å². The van der Waals surface area contributed by atoms with Crippen molar-refractivity contribution in [1.82, 2.24) is 8.61 Å². The van der Waals surface area contributed by atoms with Crippen LogP contribution in [-0.4, -0.2) is 65.1 Å². The summed E-state index contributed by atoms with van der Waals surface area (Å²) in [5, 5.41) is 2.69. The minimum absolute atomic E-state index is 0.0967. The van der Waals surface area contributed by atoms with Crippen molar-refractivity contribution >= 4 is 31.6 Å². The van der Waals surface area contributed by atoms with Crippen LogP contribution in [0.4, 0.5) is 5.69 Å². The van der Waals surface area contributed by atoms with Crippen molar-refractivity contribution in [3.63, 3.8) is 0 Å². The lowest BCUT2D eigenvalue weighted by atomic mass is 10.0. The first kappa shape index (κ1) is 25.2. The van der Waals surface area contributed by atoms with Gasteiger partial charge >= 0.3 is 0 Å². The minimum atomic E-state index is -3.87. The van der Waals surface area contributed by atoms with E-state index in [1.54, 1.807) is 12.1 Å². The van der Waals surface area contributed by atoms with E-state index < -0.39 is 32.0 Å². The molecule has 2 aromatic carbocycles. The molecule has 1 aliphatic rings. The number of anilines is 1. The van der Waals surface area contributed by atoms with E-state index in [-0.39, 0.29) is 27.8 Å². The highest BCUT2D eigenvalue weighted by molar-refractivity contribution is 7.89. The van der Waals surface area contributed by atoms with Crippen LogP contribution < -0.4 is 10.1 Å². The summed E-state index contributed by atoms with van der Waals surface area (Å²) in [6.45, 7) is 2.10. The molecule has 1 amide bonds. The molecular weight excluding hydrogens is 466 g/mol. The molecule has 3 rings (SSSR count). The molecule has 1 N–H and O–H groups in total. The Morgan fingerprint density at radius 2 is 1.73 bits per heavy atom. The van der Waals surface area contributed by atoms with Gasteiger partial charge in [0.1, 0.15) is 16.7 Å². The number of piperidine rings is 1. The molecular formula is C22H29N3O6S2. The zero-order valence-corrected chi connectivity index (χ0v) is 20.7. The monoisotopic (exact) mass is 495 g/mol. The van der Waals surface area contributed by atoms with Crippen molar-refractivity contribution in [2.75, 3.05) is 33.1 Å². The molecule has 1 heterocycles. The van der Waals surface area contributed by atoms with Gasteiger partial charge in [-0.15, -0.1) is 0 Å². The molecule has 9 nitrogen and oxygen atoms in total. The number of carbonyl (C=O) groups excluding carboxylic acids is 1. The number of hydrogen-bond acceptors (Lipinski definition) is 6. The molecule has 1 aliphatic heterocycles. The van der Waals surface area contributed by atoms with Gasteiger partial charge in [0, 0.05) is 26.3 Å². The molecule has 1 unspecified atom stereocenters. The van der Waals surface area contributed by atoms with Crippen LogP contribution in [0, 0.1) is 6.92 Å². The first-order chi connectivity index (χ1) is 15.5. The molecule has 1 atom stereocenters. The molecule has 0 saturated carbocycles. The Labute approximate surface area is 195 Å². The Balaban J connectivity index is 1.90. The number of nitrogens with zero attached hydrogens (tertiary/aromatic N) is 2. The molecule has 180 valence electrons. The number of benzene rings is 2. The van der Waals surface area contributed by atoms with Gasteiger partial charge in [-0.05, 0) is 50.1 Å². The van der Waals surface area contributed by atoms with Crippen molar-refractivity contribution in [2.24, 2.45) is 0 Å². The van der Waals surface area contributed by atoms with E-state index in [2.05, 4.69) is 5.32 Å². The highest BCUT2D eigenvalue weighted by Crippen LogP contribution is 2.30. The minimum Gasteiger partial charge on any atom is -0.495 e. The largest absolute Gasteiger partial charge is 0.495 e. The van der Waals surface area contributed by atoms with Crippen LogP contribution in [0.25, 0.3) is 0 Å². The SMILES string of the molecule is COc1ccc(NC(=O)C2CCCCN2S(=O)(=O)c2ccc(C)cc2)cc1S(=O)(=O)N(C)C. The lowest BCUT2D eigenvalue weighted by Gasteiger charge is -2.33. The summed E-state index contributed by atoms with van der Waals surface area (Å²) in [6.07, 6.45) is 1.74. The Hall–Kier alpha value is -2.47. The maximum atomic E-state index is 13.3. The van der Waals surface area contributed by atoms with Gasteiger partial charge < -0.3 is 10.1 Å². The zero-order chi connectivity index (χ0) is 24.4. The quantitative estimate of drug-likeness (QED) is 0.631. The summed E-state index contributed by atoms with van der Waals surface area (Å²) < 4.78 is 59.3. The van der Waals surface area contributed by atoms with Crippen LogP contribution in [0.5, 0.6) is 5.75 Å². The molecule has 0 aromatic heterocycles. The normalized spacial score (nSPS) is 17.7. The van der Waals surface area contributed by atoms with Gasteiger partial charge in [0.05, 0.1) is 12.0 Å². The summed E-state index contributed by atoms with van der Waals surface area (Å²) in [5.74, 6) is -0.369. The second-order valence-corrected chi connectivity index (χ2v) is 12.1. The van der Waals surface area contributed by atoms with E-state index in [0.717, 1.165) is 9.87 Å². The van der Waals surface area contributed by atoms with E-state index in [1.165, 1.54) is 55.8 Å². The highest BCUT2D eigenvalue weighted by atomic mass is 32.2. The number of hydrogen-bond donors (Lipinski definition) is 1. The first-order valence-corrected chi connectivity index (χ1v) is 13.4. The number of sulfonamides is 2. The van der Waals surface area contributed by atoms with Crippen LogP contribution in [-0.2, 0) is 24.8 Å². The van der Waals surface area contributed by atoms with Crippen molar-refractivity contribution < 1.29 is 26.4 Å². The predicted molar refractivity (Wildman–Crippen MR) is 125 cm³/mol. The molecule has 1 saturated heterocycles. The smallest absolute Gasteiger partial charge is 0.246 e. The standard InChI is InChI=1S/C22H29N3O6S2/c1-16-8-11-18(12-9-16)32(27,28)25-14-6-5-7-19(25)22(26)23-17-10-13-20(31-4)21(15-17)33(29,30)24(2)3/h8-13,15,19H,5-7,14H2,1-4H3,(H,23,26). The average Bonchev–Trinajstić information content (AvgIpc) is 2.79. The van der Waals surface area contributed by atoms with Crippen molar-refractivity contribution in [3.05, 3.63) is 48.0 Å². The van der Waals surface area contributed by atoms with Crippen molar-refractivity contribution in [3.8, 4) is 5.75 Å². The van der Waals surface area contributed by atoms with Crippen LogP contribution in [0.15, 0.2) is 52.3 Å². The summed E-state index contributed by atoms with van der Waals surface area (Å²) >= 11 is 0. The Bertz CT molecular complexity index is 1230. The number of aryl methyl sites for hydroxylation is 1. The fourth-order valence-electron chi connectivity index (χ4n) is 3.68. The van der Waals surface area contributed by atoms with Crippen LogP contribution >= 0.6 is 0 Å². The molecule has 0 bridgehead atoms. The van der Waals surface area contributed by atoms with E-state index in [9.17, 15) is 21.6 Å². The Morgan fingerprint density at radius 1 is 1.06 bits per heavy atom. The maximum Gasteiger partial charge on any atom is 0.246 e. The Kier molecular flexibility index (Phi) is 7.47. The van der Waals surface area contributed by atoms with E-state index in [0.29, 0.717) is 19.3 Å². The fraction of sp³-hybridized carbons (Fsp3) is 0.409. The number of carbonyl (C=O) groups is 1. The molecule has 11 heteroatoms. The lowest BCUT2D eigenvalue weighted by Crippen LogP contribution is -2.49. The van der Waals surface area contributed by atoms with Gasteiger partial charge in [-0.3, -0.25) is 4.79 Å². The summed E-state index contributed by atoms with van der Waals surface area (Å²) in [6, 6.07) is 9.90. The molecule has 0 aliphatic carbocycles. The van der Waals surface area contributed by atoms with Gasteiger partial charge in [-0.25, -0.2) is 21.1 Å². The second-order valence-electron chi connectivity index (χ2n) is 8.08. The summed E-state index contributed by atoms with van der Waals surface area (Å²) in [5.41, 5.74) is 1.17.